The number of nitrogen functional groups attached to an aromatic ring is 1. The molecule has 0 amide bonds. The molecule has 0 fully saturated rings. The Labute approximate surface area is 109 Å². The molecule has 0 unspecified atom stereocenters. The lowest BCUT2D eigenvalue weighted by molar-refractivity contribution is 0.743. The normalized spacial score (nSPS) is 10.8. The lowest BCUT2D eigenvalue weighted by Crippen LogP contribution is -2.04. The van der Waals surface area contributed by atoms with E-state index in [1.165, 1.54) is 5.56 Å². The van der Waals surface area contributed by atoms with Crippen LogP contribution in [0.25, 0.3) is 5.69 Å². The van der Waals surface area contributed by atoms with Crippen LogP contribution in [0.3, 0.4) is 0 Å². The van der Waals surface area contributed by atoms with E-state index in [0.29, 0.717) is 5.82 Å². The second-order valence-electron chi connectivity index (χ2n) is 4.04. The van der Waals surface area contributed by atoms with Gasteiger partial charge in [0.2, 0.25) is 0 Å². The monoisotopic (exact) mass is 294 g/mol. The number of aromatic nitrogens is 3. The van der Waals surface area contributed by atoms with Crippen molar-refractivity contribution in [3.05, 3.63) is 33.9 Å². The Hall–Kier alpha value is -1.36. The molecule has 0 atom stereocenters. The van der Waals surface area contributed by atoms with Gasteiger partial charge in [0.25, 0.3) is 0 Å². The van der Waals surface area contributed by atoms with Crippen molar-refractivity contribution in [1.82, 2.24) is 15.0 Å². The van der Waals surface area contributed by atoms with Crippen LogP contribution >= 0.6 is 15.9 Å². The van der Waals surface area contributed by atoms with Gasteiger partial charge in [-0.1, -0.05) is 24.6 Å². The van der Waals surface area contributed by atoms with Crippen molar-refractivity contribution >= 4 is 21.7 Å². The standard InChI is InChI=1S/C12H15BrN4/c1-3-4-10-12(14)15-16-17(10)11-7-8(2)5-6-9(11)13/h5-7H,3-4,14H2,1-2H3. The summed E-state index contributed by atoms with van der Waals surface area (Å²) in [5.41, 5.74) is 8.98. The van der Waals surface area contributed by atoms with Gasteiger partial charge in [-0.3, -0.25) is 0 Å². The molecule has 0 radical (unpaired) electrons. The van der Waals surface area contributed by atoms with E-state index >= 15 is 0 Å². The molecule has 1 aromatic heterocycles. The Balaban J connectivity index is 2.56. The number of anilines is 1. The molecule has 90 valence electrons. The Morgan fingerprint density at radius 3 is 2.88 bits per heavy atom. The van der Waals surface area contributed by atoms with Gasteiger partial charge >= 0.3 is 0 Å². The number of rotatable bonds is 3. The first kappa shape index (κ1) is 12.1. The van der Waals surface area contributed by atoms with Gasteiger partial charge in [0.05, 0.1) is 11.4 Å². The molecule has 2 rings (SSSR count). The summed E-state index contributed by atoms with van der Waals surface area (Å²) in [5, 5.41) is 8.07. The third-order valence-corrected chi connectivity index (χ3v) is 3.28. The van der Waals surface area contributed by atoms with Crippen molar-refractivity contribution in [2.24, 2.45) is 0 Å². The first-order valence-corrected chi connectivity index (χ1v) is 6.39. The quantitative estimate of drug-likeness (QED) is 0.947. The van der Waals surface area contributed by atoms with Gasteiger partial charge in [0, 0.05) is 4.47 Å². The van der Waals surface area contributed by atoms with Gasteiger partial charge in [-0.15, -0.1) is 5.10 Å². The average molecular weight is 295 g/mol. The van der Waals surface area contributed by atoms with Crippen LogP contribution in [0.15, 0.2) is 22.7 Å². The van der Waals surface area contributed by atoms with E-state index in [1.54, 1.807) is 0 Å². The fraction of sp³-hybridized carbons (Fsp3) is 0.333. The average Bonchev–Trinajstić information content (AvgIpc) is 2.65. The summed E-state index contributed by atoms with van der Waals surface area (Å²) in [6, 6.07) is 6.13. The van der Waals surface area contributed by atoms with Crippen LogP contribution in [0.2, 0.25) is 0 Å². The van der Waals surface area contributed by atoms with Crippen LogP contribution in [-0.2, 0) is 6.42 Å². The molecule has 0 aliphatic heterocycles. The number of nitrogens with two attached hydrogens (primary N) is 1. The van der Waals surface area contributed by atoms with Crippen LogP contribution in [0, 0.1) is 6.92 Å². The molecular formula is C12H15BrN4. The summed E-state index contributed by atoms with van der Waals surface area (Å²) < 4.78 is 2.81. The van der Waals surface area contributed by atoms with E-state index < -0.39 is 0 Å². The summed E-state index contributed by atoms with van der Waals surface area (Å²) in [5.74, 6) is 0.514. The zero-order chi connectivity index (χ0) is 12.4. The Morgan fingerprint density at radius 2 is 2.18 bits per heavy atom. The molecule has 2 aromatic rings. The Kier molecular flexibility index (Phi) is 3.47. The van der Waals surface area contributed by atoms with Crippen molar-refractivity contribution < 1.29 is 0 Å². The van der Waals surface area contributed by atoms with E-state index in [1.807, 2.05) is 16.8 Å². The number of aryl methyl sites for hydroxylation is 1. The minimum absolute atomic E-state index is 0.514. The maximum atomic E-state index is 5.84. The van der Waals surface area contributed by atoms with E-state index in [-0.39, 0.29) is 0 Å². The number of halogens is 1. The summed E-state index contributed by atoms with van der Waals surface area (Å²) >= 11 is 3.53. The molecule has 0 spiro atoms. The maximum Gasteiger partial charge on any atom is 0.169 e. The van der Waals surface area contributed by atoms with Gasteiger partial charge in [-0.2, -0.15) is 0 Å². The minimum atomic E-state index is 0.514. The minimum Gasteiger partial charge on any atom is -0.381 e. The summed E-state index contributed by atoms with van der Waals surface area (Å²) in [6.07, 6.45) is 1.89. The van der Waals surface area contributed by atoms with Crippen LogP contribution in [0.1, 0.15) is 24.6 Å². The third-order valence-electron chi connectivity index (χ3n) is 2.61. The van der Waals surface area contributed by atoms with Crippen molar-refractivity contribution in [2.45, 2.75) is 26.7 Å². The lowest BCUT2D eigenvalue weighted by Gasteiger charge is -2.08. The fourth-order valence-corrected chi connectivity index (χ4v) is 2.18. The predicted molar refractivity (Wildman–Crippen MR) is 72.2 cm³/mol. The number of hydrogen-bond acceptors (Lipinski definition) is 3. The number of nitrogens with zero attached hydrogens (tertiary/aromatic N) is 3. The van der Waals surface area contributed by atoms with E-state index in [9.17, 15) is 0 Å². The lowest BCUT2D eigenvalue weighted by atomic mass is 10.2. The zero-order valence-electron chi connectivity index (χ0n) is 9.94. The van der Waals surface area contributed by atoms with Gasteiger partial charge in [0.1, 0.15) is 0 Å². The van der Waals surface area contributed by atoms with Gasteiger partial charge in [-0.25, -0.2) is 4.68 Å². The van der Waals surface area contributed by atoms with Crippen molar-refractivity contribution in [2.75, 3.05) is 5.73 Å². The third kappa shape index (κ3) is 2.34. The molecular weight excluding hydrogens is 280 g/mol. The second-order valence-corrected chi connectivity index (χ2v) is 4.89. The molecule has 2 N–H and O–H groups in total. The van der Waals surface area contributed by atoms with Crippen molar-refractivity contribution in [3.8, 4) is 5.69 Å². The Bertz CT molecular complexity index is 533. The summed E-state index contributed by atoms with van der Waals surface area (Å²) in [6.45, 7) is 4.16. The van der Waals surface area contributed by atoms with Crippen LogP contribution in [0.4, 0.5) is 5.82 Å². The first-order chi connectivity index (χ1) is 8.13. The summed E-state index contributed by atoms with van der Waals surface area (Å²) in [4.78, 5) is 0. The summed E-state index contributed by atoms with van der Waals surface area (Å²) in [7, 11) is 0. The SMILES string of the molecule is CCCc1c(N)nnn1-c1cc(C)ccc1Br. The van der Waals surface area contributed by atoms with Crippen molar-refractivity contribution in [1.29, 1.82) is 0 Å². The molecule has 0 aliphatic rings. The predicted octanol–water partition coefficient (Wildman–Crippen LogP) is 2.87. The molecule has 0 saturated carbocycles. The molecule has 0 bridgehead atoms. The molecule has 0 aliphatic carbocycles. The molecule has 1 heterocycles. The van der Waals surface area contributed by atoms with Gasteiger partial charge < -0.3 is 5.73 Å². The highest BCUT2D eigenvalue weighted by Gasteiger charge is 2.13. The smallest absolute Gasteiger partial charge is 0.169 e. The highest BCUT2D eigenvalue weighted by atomic mass is 79.9. The van der Waals surface area contributed by atoms with Gasteiger partial charge in [0.15, 0.2) is 5.82 Å². The van der Waals surface area contributed by atoms with Gasteiger partial charge in [-0.05, 0) is 47.0 Å². The van der Waals surface area contributed by atoms with Crippen molar-refractivity contribution in [3.63, 3.8) is 0 Å². The van der Waals surface area contributed by atoms with Crippen LogP contribution < -0.4 is 5.73 Å². The fourth-order valence-electron chi connectivity index (χ4n) is 1.76. The highest BCUT2D eigenvalue weighted by Crippen LogP contribution is 2.24. The van der Waals surface area contributed by atoms with E-state index in [2.05, 4.69) is 46.2 Å². The number of benzene rings is 1. The first-order valence-electron chi connectivity index (χ1n) is 5.60. The zero-order valence-corrected chi connectivity index (χ0v) is 11.5. The maximum absolute atomic E-state index is 5.84. The highest BCUT2D eigenvalue weighted by molar-refractivity contribution is 9.10. The second kappa shape index (κ2) is 4.87. The molecule has 4 nitrogen and oxygen atoms in total. The molecule has 17 heavy (non-hydrogen) atoms. The van der Waals surface area contributed by atoms with E-state index in [4.69, 9.17) is 5.73 Å². The molecule has 0 saturated heterocycles. The molecule has 5 heteroatoms. The van der Waals surface area contributed by atoms with Crippen LogP contribution in [0.5, 0.6) is 0 Å². The Morgan fingerprint density at radius 1 is 1.41 bits per heavy atom. The van der Waals surface area contributed by atoms with Crippen LogP contribution in [-0.4, -0.2) is 15.0 Å². The number of hydrogen-bond donors (Lipinski definition) is 1. The largest absolute Gasteiger partial charge is 0.381 e. The van der Waals surface area contributed by atoms with E-state index in [0.717, 1.165) is 28.7 Å². The molecule has 1 aromatic carbocycles. The topological polar surface area (TPSA) is 56.7 Å².